The Morgan fingerprint density at radius 3 is 2.57 bits per heavy atom. The second-order valence-corrected chi connectivity index (χ2v) is 7.37. The van der Waals surface area contributed by atoms with Crippen LogP contribution >= 0.6 is 0 Å². The van der Waals surface area contributed by atoms with E-state index in [9.17, 15) is 9.59 Å². The summed E-state index contributed by atoms with van der Waals surface area (Å²) < 4.78 is 5.63. The number of Topliss-reactive ketones (excluding diaryl/α,β-unsaturated/α-hetero) is 1. The number of carbonyl (C=O) groups excluding carboxylic acids is 2. The summed E-state index contributed by atoms with van der Waals surface area (Å²) in [5.41, 5.74) is -0.304. The Labute approximate surface area is 128 Å². The molecule has 0 aromatic rings. The van der Waals surface area contributed by atoms with E-state index < -0.39 is 0 Å². The largest absolute Gasteiger partial charge is 0.366 e. The summed E-state index contributed by atoms with van der Waals surface area (Å²) in [4.78, 5) is 26.6. The minimum atomic E-state index is -0.304. The molecule has 4 nitrogen and oxygen atoms in total. The second-order valence-electron chi connectivity index (χ2n) is 7.37. The molecule has 2 atom stereocenters. The third-order valence-corrected chi connectivity index (χ3v) is 4.56. The topological polar surface area (TPSA) is 46.6 Å². The standard InChI is InChI=1S/C17H29NO3/c1-17(2,3)21-12-16(20)18-11-7-6-9-14(18)13-8-4-5-10-15(13)19/h13-14H,4-12H2,1-3H3. The van der Waals surface area contributed by atoms with Gasteiger partial charge in [0.1, 0.15) is 12.4 Å². The Balaban J connectivity index is 2.01. The van der Waals surface area contributed by atoms with Gasteiger partial charge in [-0.05, 0) is 52.9 Å². The van der Waals surface area contributed by atoms with Crippen molar-refractivity contribution in [3.05, 3.63) is 0 Å². The molecule has 2 unspecified atom stereocenters. The summed E-state index contributed by atoms with van der Waals surface area (Å²) in [6.45, 7) is 6.78. The molecule has 0 bridgehead atoms. The molecule has 21 heavy (non-hydrogen) atoms. The molecule has 2 aliphatic rings. The average molecular weight is 295 g/mol. The Bertz CT molecular complexity index is 386. The van der Waals surface area contributed by atoms with E-state index in [4.69, 9.17) is 4.74 Å². The van der Waals surface area contributed by atoms with Gasteiger partial charge in [-0.25, -0.2) is 0 Å². The maximum atomic E-state index is 12.5. The number of ether oxygens (including phenoxy) is 1. The van der Waals surface area contributed by atoms with E-state index in [0.29, 0.717) is 12.2 Å². The molecule has 1 aliphatic carbocycles. The number of piperidine rings is 1. The van der Waals surface area contributed by atoms with Gasteiger partial charge in [-0.3, -0.25) is 9.59 Å². The fourth-order valence-corrected chi connectivity index (χ4v) is 3.46. The maximum absolute atomic E-state index is 12.5. The molecule has 1 aliphatic heterocycles. The van der Waals surface area contributed by atoms with Crippen LogP contribution in [0.3, 0.4) is 0 Å². The molecule has 0 aromatic carbocycles. The lowest BCUT2D eigenvalue weighted by Crippen LogP contribution is -2.51. The molecule has 1 saturated heterocycles. The summed E-state index contributed by atoms with van der Waals surface area (Å²) in [5, 5.41) is 0. The van der Waals surface area contributed by atoms with Gasteiger partial charge in [-0.1, -0.05) is 6.42 Å². The number of amides is 1. The molecule has 2 fully saturated rings. The summed E-state index contributed by atoms with van der Waals surface area (Å²) in [5.74, 6) is 0.480. The number of hydrogen-bond donors (Lipinski definition) is 0. The molecule has 0 spiro atoms. The molecule has 1 amide bonds. The van der Waals surface area contributed by atoms with Crippen molar-refractivity contribution in [3.8, 4) is 0 Å². The Morgan fingerprint density at radius 1 is 1.19 bits per heavy atom. The number of likely N-dealkylation sites (tertiary alicyclic amines) is 1. The van der Waals surface area contributed by atoms with Crippen LogP contribution in [0.5, 0.6) is 0 Å². The molecular weight excluding hydrogens is 266 g/mol. The third kappa shape index (κ3) is 4.53. The monoisotopic (exact) mass is 295 g/mol. The van der Waals surface area contributed by atoms with E-state index in [1.54, 1.807) is 0 Å². The predicted octanol–water partition coefficient (Wildman–Crippen LogP) is 2.94. The first kappa shape index (κ1) is 16.5. The van der Waals surface area contributed by atoms with Crippen LogP contribution in [-0.2, 0) is 14.3 Å². The van der Waals surface area contributed by atoms with Crippen LogP contribution in [-0.4, -0.2) is 41.4 Å². The van der Waals surface area contributed by atoms with E-state index in [1.165, 1.54) is 0 Å². The molecule has 2 rings (SSSR count). The van der Waals surface area contributed by atoms with Crippen molar-refractivity contribution < 1.29 is 14.3 Å². The van der Waals surface area contributed by atoms with Gasteiger partial charge in [0.15, 0.2) is 0 Å². The number of hydrogen-bond acceptors (Lipinski definition) is 3. The molecule has 0 radical (unpaired) electrons. The number of carbonyl (C=O) groups is 2. The number of rotatable bonds is 3. The number of nitrogens with zero attached hydrogens (tertiary/aromatic N) is 1. The smallest absolute Gasteiger partial charge is 0.248 e. The zero-order valence-electron chi connectivity index (χ0n) is 13.7. The lowest BCUT2D eigenvalue weighted by Gasteiger charge is -2.41. The van der Waals surface area contributed by atoms with Crippen LogP contribution in [0.1, 0.15) is 65.7 Å². The lowest BCUT2D eigenvalue weighted by atomic mass is 9.79. The molecule has 4 heteroatoms. The van der Waals surface area contributed by atoms with Crippen LogP contribution in [0, 0.1) is 5.92 Å². The van der Waals surface area contributed by atoms with Gasteiger partial charge in [0, 0.05) is 24.9 Å². The zero-order chi connectivity index (χ0) is 15.5. The van der Waals surface area contributed by atoms with Crippen molar-refractivity contribution >= 4 is 11.7 Å². The average Bonchev–Trinajstić information content (AvgIpc) is 2.44. The van der Waals surface area contributed by atoms with Crippen molar-refractivity contribution in [2.24, 2.45) is 5.92 Å². The first-order chi connectivity index (χ1) is 9.88. The highest BCUT2D eigenvalue weighted by atomic mass is 16.5. The van der Waals surface area contributed by atoms with Crippen LogP contribution in [0.4, 0.5) is 0 Å². The van der Waals surface area contributed by atoms with Gasteiger partial charge in [0.05, 0.1) is 5.60 Å². The molecule has 0 N–H and O–H groups in total. The van der Waals surface area contributed by atoms with E-state index >= 15 is 0 Å². The third-order valence-electron chi connectivity index (χ3n) is 4.56. The summed E-state index contributed by atoms with van der Waals surface area (Å²) >= 11 is 0. The normalized spacial score (nSPS) is 27.8. The minimum absolute atomic E-state index is 0.0491. The van der Waals surface area contributed by atoms with Crippen molar-refractivity contribution in [2.75, 3.05) is 13.2 Å². The fraction of sp³-hybridized carbons (Fsp3) is 0.882. The molecular formula is C17H29NO3. The Kier molecular flexibility index (Phi) is 5.42. The Morgan fingerprint density at radius 2 is 1.90 bits per heavy atom. The van der Waals surface area contributed by atoms with Gasteiger partial charge < -0.3 is 9.64 Å². The van der Waals surface area contributed by atoms with Gasteiger partial charge in [0.2, 0.25) is 5.91 Å². The van der Waals surface area contributed by atoms with Crippen molar-refractivity contribution in [3.63, 3.8) is 0 Å². The summed E-state index contributed by atoms with van der Waals surface area (Å²) in [6.07, 6.45) is 6.92. The first-order valence-corrected chi connectivity index (χ1v) is 8.34. The van der Waals surface area contributed by atoms with Gasteiger partial charge in [-0.15, -0.1) is 0 Å². The van der Waals surface area contributed by atoms with E-state index in [1.807, 2.05) is 25.7 Å². The van der Waals surface area contributed by atoms with Gasteiger partial charge in [0.25, 0.3) is 0 Å². The highest BCUT2D eigenvalue weighted by Crippen LogP contribution is 2.31. The second kappa shape index (κ2) is 6.91. The highest BCUT2D eigenvalue weighted by Gasteiger charge is 2.37. The maximum Gasteiger partial charge on any atom is 0.248 e. The molecule has 120 valence electrons. The SMILES string of the molecule is CC(C)(C)OCC(=O)N1CCCCC1C1CCCCC1=O. The van der Waals surface area contributed by atoms with E-state index in [-0.39, 0.29) is 30.1 Å². The van der Waals surface area contributed by atoms with E-state index in [2.05, 4.69) is 0 Å². The van der Waals surface area contributed by atoms with Crippen LogP contribution < -0.4 is 0 Å². The van der Waals surface area contributed by atoms with Crippen LogP contribution in [0.15, 0.2) is 0 Å². The quantitative estimate of drug-likeness (QED) is 0.804. The van der Waals surface area contributed by atoms with Gasteiger partial charge in [-0.2, -0.15) is 0 Å². The van der Waals surface area contributed by atoms with E-state index in [0.717, 1.165) is 45.1 Å². The Hall–Kier alpha value is -0.900. The summed E-state index contributed by atoms with van der Waals surface area (Å²) in [6, 6.07) is 0.114. The highest BCUT2D eigenvalue weighted by molar-refractivity contribution is 5.84. The predicted molar refractivity (Wildman–Crippen MR) is 82.0 cm³/mol. The van der Waals surface area contributed by atoms with Gasteiger partial charge >= 0.3 is 0 Å². The number of ketones is 1. The van der Waals surface area contributed by atoms with Crippen molar-refractivity contribution in [1.29, 1.82) is 0 Å². The molecule has 1 heterocycles. The zero-order valence-corrected chi connectivity index (χ0v) is 13.7. The lowest BCUT2D eigenvalue weighted by molar-refractivity contribution is -0.148. The fourth-order valence-electron chi connectivity index (χ4n) is 3.46. The van der Waals surface area contributed by atoms with Crippen molar-refractivity contribution in [2.45, 2.75) is 77.4 Å². The van der Waals surface area contributed by atoms with Crippen LogP contribution in [0.2, 0.25) is 0 Å². The minimum Gasteiger partial charge on any atom is -0.366 e. The molecule has 1 saturated carbocycles. The molecule has 0 aromatic heterocycles. The first-order valence-electron chi connectivity index (χ1n) is 8.34. The summed E-state index contributed by atoms with van der Waals surface area (Å²) in [7, 11) is 0. The van der Waals surface area contributed by atoms with Crippen LogP contribution in [0.25, 0.3) is 0 Å². The van der Waals surface area contributed by atoms with Crippen molar-refractivity contribution in [1.82, 2.24) is 4.90 Å².